The summed E-state index contributed by atoms with van der Waals surface area (Å²) >= 11 is 0. The lowest BCUT2D eigenvalue weighted by molar-refractivity contribution is 0.588. The van der Waals surface area contributed by atoms with Crippen molar-refractivity contribution < 1.29 is 8.42 Å². The zero-order chi connectivity index (χ0) is 15.9. The number of rotatable bonds is 5. The minimum absolute atomic E-state index is 0.195. The highest BCUT2D eigenvalue weighted by atomic mass is 32.2. The van der Waals surface area contributed by atoms with Crippen molar-refractivity contribution in [3.05, 3.63) is 16.7 Å². The average Bonchev–Trinajstić information content (AvgIpc) is 3.08. The third kappa shape index (κ3) is 2.19. The molecule has 0 aromatic carbocycles. The summed E-state index contributed by atoms with van der Waals surface area (Å²) in [6.07, 6.45) is 5.34. The van der Waals surface area contributed by atoms with Crippen LogP contribution in [0, 0.1) is 0 Å². The zero-order valence-electron chi connectivity index (χ0n) is 12.3. The van der Waals surface area contributed by atoms with Gasteiger partial charge in [-0.05, 0) is 6.42 Å². The molecule has 0 aliphatic heterocycles. The van der Waals surface area contributed by atoms with Gasteiger partial charge in [-0.2, -0.15) is 0 Å². The molecular weight excluding hydrogens is 308 g/mol. The molecule has 0 saturated heterocycles. The van der Waals surface area contributed by atoms with E-state index in [0.717, 1.165) is 29.9 Å². The molecule has 0 spiro atoms. The van der Waals surface area contributed by atoms with Crippen molar-refractivity contribution in [1.29, 1.82) is 0 Å². The maximum Gasteiger partial charge on any atom is 0.287 e. The fourth-order valence-electron chi connectivity index (χ4n) is 2.44. The summed E-state index contributed by atoms with van der Waals surface area (Å²) < 4.78 is 26.4. The minimum atomic E-state index is -3.66. The molecule has 118 valence electrons. The predicted molar refractivity (Wildman–Crippen MR) is 79.5 cm³/mol. The molecule has 1 N–H and O–H groups in total. The second-order valence-electron chi connectivity index (χ2n) is 5.16. The van der Waals surface area contributed by atoms with Crippen LogP contribution in [0.3, 0.4) is 0 Å². The van der Waals surface area contributed by atoms with Gasteiger partial charge in [-0.25, -0.2) is 17.8 Å². The largest absolute Gasteiger partial charge is 0.339 e. The van der Waals surface area contributed by atoms with E-state index in [-0.39, 0.29) is 16.5 Å². The Morgan fingerprint density at radius 3 is 2.73 bits per heavy atom. The highest BCUT2D eigenvalue weighted by molar-refractivity contribution is 7.90. The molecule has 22 heavy (non-hydrogen) atoms. The van der Waals surface area contributed by atoms with Crippen LogP contribution in [0.15, 0.2) is 16.3 Å². The Morgan fingerprint density at radius 1 is 1.27 bits per heavy atom. The number of nitrogens with zero attached hydrogens (tertiary/aromatic N) is 5. The predicted octanol–water partition coefficient (Wildman–Crippen LogP) is 0.361. The molecule has 0 fully saturated rings. The van der Waals surface area contributed by atoms with Gasteiger partial charge in [0.25, 0.3) is 10.7 Å². The van der Waals surface area contributed by atoms with E-state index in [1.807, 2.05) is 0 Å². The molecule has 0 unspecified atom stereocenters. The van der Waals surface area contributed by atoms with E-state index in [9.17, 15) is 13.2 Å². The lowest BCUT2D eigenvalue weighted by Crippen LogP contribution is -2.22. The molecular formula is C12H16N6O3S. The van der Waals surface area contributed by atoms with Gasteiger partial charge in [-0.1, -0.05) is 19.8 Å². The normalized spacial score (nSPS) is 12.5. The van der Waals surface area contributed by atoms with Crippen molar-refractivity contribution in [1.82, 2.24) is 29.1 Å². The van der Waals surface area contributed by atoms with E-state index in [1.165, 1.54) is 6.33 Å². The van der Waals surface area contributed by atoms with Gasteiger partial charge in [0.1, 0.15) is 5.52 Å². The van der Waals surface area contributed by atoms with Crippen molar-refractivity contribution in [3.8, 4) is 0 Å². The Labute approximate surface area is 125 Å². The van der Waals surface area contributed by atoms with Crippen LogP contribution in [0.25, 0.3) is 16.9 Å². The number of H-pyrrole nitrogens is 1. The molecule has 0 amide bonds. The van der Waals surface area contributed by atoms with Crippen LogP contribution in [0.5, 0.6) is 0 Å². The first-order valence-corrected chi connectivity index (χ1v) is 8.85. The summed E-state index contributed by atoms with van der Waals surface area (Å²) in [6, 6.07) is 0. The van der Waals surface area contributed by atoms with E-state index in [1.54, 1.807) is 4.57 Å². The molecule has 3 rings (SSSR count). The number of aryl methyl sites for hydroxylation is 1. The van der Waals surface area contributed by atoms with E-state index in [2.05, 4.69) is 27.1 Å². The highest BCUT2D eigenvalue weighted by Gasteiger charge is 2.23. The number of hydrogen-bond donors (Lipinski definition) is 1. The monoisotopic (exact) mass is 324 g/mol. The Bertz CT molecular complexity index is 997. The van der Waals surface area contributed by atoms with Crippen LogP contribution >= 0.6 is 0 Å². The number of fused-ring (bicyclic) bond motifs is 2. The van der Waals surface area contributed by atoms with Gasteiger partial charge in [0.05, 0.1) is 6.33 Å². The molecule has 0 atom stereocenters. The SMILES string of the molecule is CCCCCn1c2nc[nH]c2c(=O)n2c(S(C)(=O)=O)nnc12. The Kier molecular flexibility index (Phi) is 3.47. The summed E-state index contributed by atoms with van der Waals surface area (Å²) in [7, 11) is -3.66. The fraction of sp³-hybridized carbons (Fsp3) is 0.500. The van der Waals surface area contributed by atoms with Crippen LogP contribution < -0.4 is 5.56 Å². The van der Waals surface area contributed by atoms with E-state index in [4.69, 9.17) is 0 Å². The lowest BCUT2D eigenvalue weighted by Gasteiger charge is -2.08. The van der Waals surface area contributed by atoms with Gasteiger partial charge >= 0.3 is 0 Å². The molecule has 3 aromatic heterocycles. The lowest BCUT2D eigenvalue weighted by atomic mass is 10.2. The fourth-order valence-corrected chi connectivity index (χ4v) is 3.12. The molecule has 0 aliphatic carbocycles. The van der Waals surface area contributed by atoms with Crippen LogP contribution in [0.1, 0.15) is 26.2 Å². The maximum atomic E-state index is 12.5. The van der Waals surface area contributed by atoms with Crippen molar-refractivity contribution in [2.24, 2.45) is 0 Å². The summed E-state index contributed by atoms with van der Waals surface area (Å²) in [5.74, 6) is 0.195. The standard InChI is InChI=1S/C12H16N6O3S/c1-3-4-5-6-17-9-8(13-7-14-9)10(19)18-11(17)15-16-12(18)22(2,20)21/h7H,3-6H2,1-2H3,(H,13,14). The van der Waals surface area contributed by atoms with Crippen LogP contribution in [0.4, 0.5) is 0 Å². The van der Waals surface area contributed by atoms with E-state index >= 15 is 0 Å². The van der Waals surface area contributed by atoms with E-state index in [0.29, 0.717) is 12.2 Å². The number of hydrogen-bond acceptors (Lipinski definition) is 6. The summed E-state index contributed by atoms with van der Waals surface area (Å²) in [5.41, 5.74) is 0.189. The number of aromatic amines is 1. The quantitative estimate of drug-likeness (QED) is 0.678. The van der Waals surface area contributed by atoms with Gasteiger partial charge in [-0.15, -0.1) is 10.2 Å². The molecule has 0 radical (unpaired) electrons. The summed E-state index contributed by atoms with van der Waals surface area (Å²) in [4.78, 5) is 19.4. The Morgan fingerprint density at radius 2 is 2.05 bits per heavy atom. The third-order valence-corrected chi connectivity index (χ3v) is 4.39. The second-order valence-corrected chi connectivity index (χ2v) is 7.06. The summed E-state index contributed by atoms with van der Waals surface area (Å²) in [6.45, 7) is 2.67. The number of nitrogens with one attached hydrogen (secondary N) is 1. The number of imidazole rings is 1. The van der Waals surface area contributed by atoms with Crippen molar-refractivity contribution in [2.75, 3.05) is 6.26 Å². The molecule has 10 heteroatoms. The van der Waals surface area contributed by atoms with Crippen molar-refractivity contribution in [2.45, 2.75) is 37.9 Å². The van der Waals surface area contributed by atoms with Gasteiger partial charge < -0.3 is 4.98 Å². The first-order valence-electron chi connectivity index (χ1n) is 6.96. The van der Waals surface area contributed by atoms with Crippen molar-refractivity contribution >= 4 is 26.8 Å². The minimum Gasteiger partial charge on any atom is -0.339 e. The van der Waals surface area contributed by atoms with Gasteiger partial charge in [-0.3, -0.25) is 9.36 Å². The summed E-state index contributed by atoms with van der Waals surface area (Å²) in [5, 5.41) is 7.23. The van der Waals surface area contributed by atoms with Crippen LogP contribution in [-0.4, -0.2) is 43.8 Å². The molecule has 0 saturated carbocycles. The molecule has 0 aliphatic rings. The van der Waals surface area contributed by atoms with E-state index < -0.39 is 15.4 Å². The zero-order valence-corrected chi connectivity index (χ0v) is 13.1. The number of aromatic nitrogens is 6. The smallest absolute Gasteiger partial charge is 0.287 e. The Balaban J connectivity index is 2.36. The second kappa shape index (κ2) is 5.20. The topological polar surface area (TPSA) is 115 Å². The molecule has 9 nitrogen and oxygen atoms in total. The number of sulfone groups is 1. The third-order valence-electron chi connectivity index (χ3n) is 3.47. The van der Waals surface area contributed by atoms with Gasteiger partial charge in [0, 0.05) is 12.8 Å². The molecule has 3 heterocycles. The van der Waals surface area contributed by atoms with Crippen LogP contribution in [0.2, 0.25) is 0 Å². The van der Waals surface area contributed by atoms with Crippen molar-refractivity contribution in [3.63, 3.8) is 0 Å². The number of unbranched alkanes of at least 4 members (excludes halogenated alkanes) is 2. The average molecular weight is 324 g/mol. The Hall–Kier alpha value is -2.23. The first-order chi connectivity index (χ1) is 10.4. The van der Waals surface area contributed by atoms with Gasteiger partial charge in [0.2, 0.25) is 15.6 Å². The molecule has 0 bridgehead atoms. The highest BCUT2D eigenvalue weighted by Crippen LogP contribution is 2.14. The first kappa shape index (κ1) is 14.7. The molecule has 3 aromatic rings. The van der Waals surface area contributed by atoms with Gasteiger partial charge in [0.15, 0.2) is 5.65 Å². The van der Waals surface area contributed by atoms with Crippen LogP contribution in [-0.2, 0) is 16.4 Å². The maximum absolute atomic E-state index is 12.5.